The third-order valence-corrected chi connectivity index (χ3v) is 5.47. The maximum absolute atomic E-state index is 11.5. The van der Waals surface area contributed by atoms with Gasteiger partial charge in [-0.25, -0.2) is 0 Å². The van der Waals surface area contributed by atoms with Crippen LogP contribution in [0.1, 0.15) is 18.9 Å². The third kappa shape index (κ3) is 14.1. The van der Waals surface area contributed by atoms with E-state index in [-0.39, 0.29) is 19.6 Å². The summed E-state index contributed by atoms with van der Waals surface area (Å²) in [5.74, 6) is -5.54. The van der Waals surface area contributed by atoms with Crippen LogP contribution in [0.5, 0.6) is 5.75 Å². The molecule has 0 saturated carbocycles. The molecule has 0 spiro atoms. The second kappa shape index (κ2) is 16.9. The lowest BCUT2D eigenvalue weighted by Gasteiger charge is -2.34. The van der Waals surface area contributed by atoms with E-state index in [2.05, 4.69) is 0 Å². The van der Waals surface area contributed by atoms with Gasteiger partial charge in [0, 0.05) is 25.7 Å². The lowest BCUT2D eigenvalue weighted by molar-refractivity contribution is -0.144. The maximum Gasteiger partial charge on any atom is 0.317 e. The number of carbonyl (C=O) groups is 5. The number of rotatable bonds is 21. The normalized spacial score (nSPS) is 12.0. The zero-order chi connectivity index (χ0) is 28.7. The van der Waals surface area contributed by atoms with Crippen molar-refractivity contribution in [2.24, 2.45) is 0 Å². The molecule has 0 radical (unpaired) electrons. The van der Waals surface area contributed by atoms with Gasteiger partial charge in [-0.05, 0) is 37.5 Å². The van der Waals surface area contributed by atoms with Gasteiger partial charge in [0.1, 0.15) is 5.75 Å². The molecule has 0 heterocycles. The summed E-state index contributed by atoms with van der Waals surface area (Å²) in [4.78, 5) is 60.5. The molecule has 0 saturated heterocycles. The molecular weight excluding hydrogens is 506 g/mol. The van der Waals surface area contributed by atoms with Crippen LogP contribution in [-0.4, -0.2) is 135 Å². The molecule has 0 aliphatic carbocycles. The van der Waals surface area contributed by atoms with E-state index in [0.29, 0.717) is 25.2 Å². The summed E-state index contributed by atoms with van der Waals surface area (Å²) in [5.41, 5.74) is 0.878. The minimum atomic E-state index is -1.25. The number of benzene rings is 1. The number of carboxylic acid groups (broad SMARTS) is 5. The summed E-state index contributed by atoms with van der Waals surface area (Å²) < 4.78 is 5.42. The largest absolute Gasteiger partial charge is 0.494 e. The van der Waals surface area contributed by atoms with Crippen LogP contribution in [-0.2, 0) is 30.4 Å². The standard InChI is InChI=1S/C24H35N3O11/c1-2-38-19-7-4-17(5-8-19)3-6-18(27(15-23(34)35)16-24(36)37)11-25(12-20(28)29)9-10-26(13-21(30)31)14-22(32)33/h4-5,7-8,18H,2-3,6,9-16H2,1H3,(H,28,29)(H,30,31)(H,32,33)(H,34,35)(H,36,37). The fourth-order valence-corrected chi connectivity index (χ4v) is 3.91. The second-order valence-corrected chi connectivity index (χ2v) is 8.59. The van der Waals surface area contributed by atoms with Crippen molar-refractivity contribution in [1.82, 2.24) is 14.7 Å². The van der Waals surface area contributed by atoms with Crippen molar-refractivity contribution in [3.8, 4) is 5.75 Å². The first-order valence-corrected chi connectivity index (χ1v) is 11.9. The molecule has 212 valence electrons. The summed E-state index contributed by atoms with van der Waals surface area (Å²) in [5, 5.41) is 46.2. The topological polar surface area (TPSA) is 205 Å². The third-order valence-electron chi connectivity index (χ3n) is 5.47. The summed E-state index contributed by atoms with van der Waals surface area (Å²) in [7, 11) is 0. The molecule has 14 heteroatoms. The van der Waals surface area contributed by atoms with Gasteiger partial charge in [-0.1, -0.05) is 12.1 Å². The number of nitrogens with zero attached hydrogens (tertiary/aromatic N) is 3. The Balaban J connectivity index is 3.13. The number of carboxylic acids is 5. The fourth-order valence-electron chi connectivity index (χ4n) is 3.91. The summed E-state index contributed by atoms with van der Waals surface area (Å²) in [6, 6.07) is 6.50. The first-order valence-electron chi connectivity index (χ1n) is 11.9. The van der Waals surface area contributed by atoms with Crippen molar-refractivity contribution in [2.75, 3.05) is 59.0 Å². The molecule has 0 aliphatic rings. The highest BCUT2D eigenvalue weighted by molar-refractivity contribution is 5.73. The van der Waals surface area contributed by atoms with E-state index in [4.69, 9.17) is 14.9 Å². The Labute approximate surface area is 219 Å². The molecule has 1 unspecified atom stereocenters. The molecule has 0 fully saturated rings. The number of hydrogen-bond acceptors (Lipinski definition) is 9. The van der Waals surface area contributed by atoms with Gasteiger partial charge in [0.15, 0.2) is 0 Å². The number of ether oxygens (including phenoxy) is 1. The van der Waals surface area contributed by atoms with E-state index in [9.17, 15) is 39.3 Å². The fraction of sp³-hybridized carbons (Fsp3) is 0.542. The van der Waals surface area contributed by atoms with Crippen molar-refractivity contribution >= 4 is 29.8 Å². The quantitative estimate of drug-likeness (QED) is 0.136. The van der Waals surface area contributed by atoms with Crippen molar-refractivity contribution < 1.29 is 54.2 Å². The van der Waals surface area contributed by atoms with E-state index in [0.717, 1.165) is 10.5 Å². The predicted octanol–water partition coefficient (Wildman–Crippen LogP) is -0.284. The van der Waals surface area contributed by atoms with Crippen LogP contribution in [0.15, 0.2) is 24.3 Å². The van der Waals surface area contributed by atoms with Crippen molar-refractivity contribution in [2.45, 2.75) is 25.8 Å². The van der Waals surface area contributed by atoms with Gasteiger partial charge < -0.3 is 30.3 Å². The Kier molecular flexibility index (Phi) is 14.3. The molecule has 0 aliphatic heterocycles. The van der Waals surface area contributed by atoms with E-state index < -0.39 is 68.6 Å². The number of aliphatic carboxylic acids is 5. The number of hydrogen-bond donors (Lipinski definition) is 5. The minimum absolute atomic E-state index is 0.0413. The Bertz CT molecular complexity index is 907. The molecule has 1 aromatic rings. The minimum Gasteiger partial charge on any atom is -0.494 e. The van der Waals surface area contributed by atoms with Gasteiger partial charge in [0.05, 0.1) is 39.3 Å². The lowest BCUT2D eigenvalue weighted by atomic mass is 10.0. The van der Waals surface area contributed by atoms with Crippen LogP contribution in [0.3, 0.4) is 0 Å². The lowest BCUT2D eigenvalue weighted by Crippen LogP contribution is -2.50. The molecule has 0 bridgehead atoms. The monoisotopic (exact) mass is 541 g/mol. The van der Waals surface area contributed by atoms with Crippen LogP contribution < -0.4 is 4.74 Å². The Hall–Kier alpha value is -3.75. The molecule has 1 rings (SSSR count). The van der Waals surface area contributed by atoms with E-state index >= 15 is 0 Å². The molecule has 0 aromatic heterocycles. The van der Waals surface area contributed by atoms with E-state index in [1.54, 1.807) is 12.1 Å². The molecular formula is C24H35N3O11. The Morgan fingerprint density at radius 3 is 1.61 bits per heavy atom. The van der Waals surface area contributed by atoms with Crippen molar-refractivity contribution in [1.29, 1.82) is 0 Å². The van der Waals surface area contributed by atoms with Crippen LogP contribution >= 0.6 is 0 Å². The van der Waals surface area contributed by atoms with Gasteiger partial charge in [-0.3, -0.25) is 38.7 Å². The van der Waals surface area contributed by atoms with Crippen LogP contribution in [0.2, 0.25) is 0 Å². The SMILES string of the molecule is CCOc1ccc(CCC(CN(CCN(CC(=O)O)CC(=O)O)CC(=O)O)N(CC(=O)O)CC(=O)O)cc1. The average molecular weight is 542 g/mol. The highest BCUT2D eigenvalue weighted by Gasteiger charge is 2.27. The average Bonchev–Trinajstić information content (AvgIpc) is 2.79. The van der Waals surface area contributed by atoms with Crippen LogP contribution in [0, 0.1) is 0 Å². The second-order valence-electron chi connectivity index (χ2n) is 8.59. The van der Waals surface area contributed by atoms with Gasteiger partial charge in [0.25, 0.3) is 0 Å². The molecule has 1 atom stereocenters. The molecule has 5 N–H and O–H groups in total. The van der Waals surface area contributed by atoms with E-state index in [1.165, 1.54) is 9.80 Å². The van der Waals surface area contributed by atoms with Crippen molar-refractivity contribution in [3.05, 3.63) is 29.8 Å². The zero-order valence-electron chi connectivity index (χ0n) is 21.2. The highest BCUT2D eigenvalue weighted by Crippen LogP contribution is 2.16. The van der Waals surface area contributed by atoms with Crippen molar-refractivity contribution in [3.63, 3.8) is 0 Å². The first-order chi connectivity index (χ1) is 17.9. The predicted molar refractivity (Wildman–Crippen MR) is 132 cm³/mol. The molecule has 0 amide bonds. The zero-order valence-corrected chi connectivity index (χ0v) is 21.2. The summed E-state index contributed by atoms with van der Waals surface area (Å²) >= 11 is 0. The Morgan fingerprint density at radius 1 is 0.711 bits per heavy atom. The van der Waals surface area contributed by atoms with Gasteiger partial charge in [-0.2, -0.15) is 0 Å². The van der Waals surface area contributed by atoms with Gasteiger partial charge in [0.2, 0.25) is 0 Å². The smallest absolute Gasteiger partial charge is 0.317 e. The van der Waals surface area contributed by atoms with Gasteiger partial charge >= 0.3 is 29.8 Å². The van der Waals surface area contributed by atoms with Gasteiger partial charge in [-0.15, -0.1) is 0 Å². The number of aryl methyl sites for hydroxylation is 1. The molecule has 14 nitrogen and oxygen atoms in total. The first kappa shape index (κ1) is 32.3. The maximum atomic E-state index is 11.5. The molecule has 1 aromatic carbocycles. The van der Waals surface area contributed by atoms with Crippen LogP contribution in [0.4, 0.5) is 0 Å². The Morgan fingerprint density at radius 2 is 1.16 bits per heavy atom. The summed E-state index contributed by atoms with van der Waals surface area (Å²) in [6.07, 6.45) is 0.719. The molecule has 38 heavy (non-hydrogen) atoms. The summed E-state index contributed by atoms with van der Waals surface area (Å²) in [6.45, 7) is -0.650. The highest BCUT2D eigenvalue weighted by atomic mass is 16.5. The van der Waals surface area contributed by atoms with E-state index in [1.807, 2.05) is 19.1 Å². The van der Waals surface area contributed by atoms with Crippen LogP contribution in [0.25, 0.3) is 0 Å².